The van der Waals surface area contributed by atoms with Gasteiger partial charge in [-0.2, -0.15) is 0 Å². The Kier molecular flexibility index (Phi) is 3.89. The molecule has 0 unspecified atom stereocenters. The number of rotatable bonds is 3. The third kappa shape index (κ3) is 3.55. The molecule has 0 amide bonds. The van der Waals surface area contributed by atoms with Crippen molar-refractivity contribution in [3.8, 4) is 0 Å². The molecule has 0 aromatic carbocycles. The zero-order valence-electron chi connectivity index (χ0n) is 7.62. The number of hydrogen-bond acceptors (Lipinski definition) is 3. The van der Waals surface area contributed by atoms with Crippen LogP contribution < -0.4 is 0 Å². The zero-order chi connectivity index (χ0) is 9.68. The molecular formula is C9H11BrN2O. The minimum absolute atomic E-state index is 0.420. The third-order valence-electron chi connectivity index (χ3n) is 1.51. The molecule has 0 atom stereocenters. The summed E-state index contributed by atoms with van der Waals surface area (Å²) in [5.41, 5.74) is 0. The van der Waals surface area contributed by atoms with Crippen LogP contribution in [0.3, 0.4) is 0 Å². The van der Waals surface area contributed by atoms with Crippen LogP contribution in [0.1, 0.15) is 19.7 Å². The first-order chi connectivity index (χ1) is 6.22. The van der Waals surface area contributed by atoms with Crippen molar-refractivity contribution in [2.75, 3.05) is 0 Å². The fourth-order valence-electron chi connectivity index (χ4n) is 0.675. The number of aromatic nitrogens is 2. The lowest BCUT2D eigenvalue weighted by molar-refractivity contribution is 0.193. The molecular weight excluding hydrogens is 232 g/mol. The van der Waals surface area contributed by atoms with Gasteiger partial charge in [-0.05, 0) is 35.9 Å². The smallest absolute Gasteiger partial charge is 0.166 e. The molecule has 70 valence electrons. The second-order valence-electron chi connectivity index (χ2n) is 2.51. The fourth-order valence-corrected chi connectivity index (χ4v) is 0.880. The molecule has 1 aromatic rings. The second-order valence-corrected chi connectivity index (χ2v) is 3.42. The van der Waals surface area contributed by atoms with E-state index in [1.54, 1.807) is 12.4 Å². The SMILES string of the molecule is C/C=C(/C)OCc1ncc(Br)cn1. The van der Waals surface area contributed by atoms with Crippen LogP contribution in [0.25, 0.3) is 0 Å². The van der Waals surface area contributed by atoms with E-state index in [1.165, 1.54) is 0 Å². The minimum Gasteiger partial charge on any atom is -0.491 e. The van der Waals surface area contributed by atoms with Crippen LogP contribution in [-0.4, -0.2) is 9.97 Å². The Morgan fingerprint density at radius 1 is 1.54 bits per heavy atom. The number of allylic oxidation sites excluding steroid dienone is 2. The summed E-state index contributed by atoms with van der Waals surface area (Å²) in [5.74, 6) is 1.57. The highest BCUT2D eigenvalue weighted by Gasteiger charge is 1.96. The van der Waals surface area contributed by atoms with E-state index < -0.39 is 0 Å². The van der Waals surface area contributed by atoms with Gasteiger partial charge in [0.2, 0.25) is 0 Å². The van der Waals surface area contributed by atoms with Gasteiger partial charge in [0.25, 0.3) is 0 Å². The van der Waals surface area contributed by atoms with Gasteiger partial charge in [-0.3, -0.25) is 0 Å². The Bertz CT molecular complexity index is 295. The molecule has 0 saturated heterocycles. The van der Waals surface area contributed by atoms with E-state index in [0.29, 0.717) is 12.4 Å². The highest BCUT2D eigenvalue weighted by atomic mass is 79.9. The van der Waals surface area contributed by atoms with Gasteiger partial charge in [-0.1, -0.05) is 0 Å². The van der Waals surface area contributed by atoms with Gasteiger partial charge < -0.3 is 4.74 Å². The Balaban J connectivity index is 2.51. The maximum Gasteiger partial charge on any atom is 0.166 e. The Morgan fingerprint density at radius 3 is 2.69 bits per heavy atom. The lowest BCUT2D eigenvalue weighted by Crippen LogP contribution is -1.97. The van der Waals surface area contributed by atoms with Crippen molar-refractivity contribution in [1.29, 1.82) is 0 Å². The molecule has 0 spiro atoms. The number of ether oxygens (including phenoxy) is 1. The molecule has 1 rings (SSSR count). The quantitative estimate of drug-likeness (QED) is 0.765. The summed E-state index contributed by atoms with van der Waals surface area (Å²) in [6.07, 6.45) is 5.31. The number of nitrogens with zero attached hydrogens (tertiary/aromatic N) is 2. The first-order valence-corrected chi connectivity index (χ1v) is 4.74. The number of halogens is 1. The van der Waals surface area contributed by atoms with Crippen LogP contribution in [0.4, 0.5) is 0 Å². The van der Waals surface area contributed by atoms with Gasteiger partial charge in [0.05, 0.1) is 10.2 Å². The minimum atomic E-state index is 0.420. The zero-order valence-corrected chi connectivity index (χ0v) is 9.21. The van der Waals surface area contributed by atoms with Gasteiger partial charge in [-0.15, -0.1) is 0 Å². The largest absolute Gasteiger partial charge is 0.491 e. The normalized spacial score (nSPS) is 11.5. The molecule has 0 aliphatic carbocycles. The van der Waals surface area contributed by atoms with Crippen molar-refractivity contribution >= 4 is 15.9 Å². The molecule has 0 bridgehead atoms. The number of hydrogen-bond donors (Lipinski definition) is 0. The molecule has 4 heteroatoms. The monoisotopic (exact) mass is 242 g/mol. The second kappa shape index (κ2) is 4.97. The molecule has 1 aromatic heterocycles. The van der Waals surface area contributed by atoms with Crippen molar-refractivity contribution in [3.05, 3.63) is 34.5 Å². The molecule has 3 nitrogen and oxygen atoms in total. The van der Waals surface area contributed by atoms with Gasteiger partial charge in [0.15, 0.2) is 5.82 Å². The predicted molar refractivity (Wildman–Crippen MR) is 54.0 cm³/mol. The summed E-state index contributed by atoms with van der Waals surface area (Å²) in [6.45, 7) is 4.25. The standard InChI is InChI=1S/C9H11BrN2O/c1-3-7(2)13-6-9-11-4-8(10)5-12-9/h3-5H,6H2,1-2H3/b7-3-. The van der Waals surface area contributed by atoms with Crippen molar-refractivity contribution in [1.82, 2.24) is 9.97 Å². The van der Waals surface area contributed by atoms with Crippen molar-refractivity contribution in [3.63, 3.8) is 0 Å². The van der Waals surface area contributed by atoms with Crippen LogP contribution in [0.2, 0.25) is 0 Å². The first kappa shape index (κ1) is 10.2. The first-order valence-electron chi connectivity index (χ1n) is 3.94. The highest BCUT2D eigenvalue weighted by Crippen LogP contribution is 2.06. The lowest BCUT2D eigenvalue weighted by atomic mass is 10.5. The molecule has 0 saturated carbocycles. The molecule has 0 aliphatic heterocycles. The van der Waals surface area contributed by atoms with Gasteiger partial charge in [-0.25, -0.2) is 9.97 Å². The Labute approximate surface area is 86.0 Å². The van der Waals surface area contributed by atoms with Crippen LogP contribution in [0.5, 0.6) is 0 Å². The molecule has 0 radical (unpaired) electrons. The van der Waals surface area contributed by atoms with Crippen molar-refractivity contribution < 1.29 is 4.74 Å². The van der Waals surface area contributed by atoms with E-state index in [9.17, 15) is 0 Å². The average Bonchev–Trinajstić information content (AvgIpc) is 2.16. The van der Waals surface area contributed by atoms with Crippen LogP contribution in [0.15, 0.2) is 28.7 Å². The van der Waals surface area contributed by atoms with Gasteiger partial charge in [0.1, 0.15) is 6.61 Å². The highest BCUT2D eigenvalue weighted by molar-refractivity contribution is 9.10. The molecule has 0 N–H and O–H groups in total. The summed E-state index contributed by atoms with van der Waals surface area (Å²) >= 11 is 3.26. The summed E-state index contributed by atoms with van der Waals surface area (Å²) in [6, 6.07) is 0. The summed E-state index contributed by atoms with van der Waals surface area (Å²) in [5, 5.41) is 0. The van der Waals surface area contributed by atoms with E-state index in [2.05, 4.69) is 25.9 Å². The molecule has 0 aliphatic rings. The average molecular weight is 243 g/mol. The van der Waals surface area contributed by atoms with Gasteiger partial charge >= 0.3 is 0 Å². The van der Waals surface area contributed by atoms with E-state index >= 15 is 0 Å². The van der Waals surface area contributed by atoms with Crippen LogP contribution in [-0.2, 0) is 11.3 Å². The Hall–Kier alpha value is -0.900. The van der Waals surface area contributed by atoms with Crippen LogP contribution in [0, 0.1) is 0 Å². The van der Waals surface area contributed by atoms with Crippen molar-refractivity contribution in [2.45, 2.75) is 20.5 Å². The maximum atomic E-state index is 5.34. The molecule has 0 fully saturated rings. The van der Waals surface area contributed by atoms with Crippen LogP contribution >= 0.6 is 15.9 Å². The third-order valence-corrected chi connectivity index (χ3v) is 1.92. The lowest BCUT2D eigenvalue weighted by Gasteiger charge is -2.03. The Morgan fingerprint density at radius 2 is 2.15 bits per heavy atom. The van der Waals surface area contributed by atoms with E-state index in [0.717, 1.165) is 10.2 Å². The summed E-state index contributed by atoms with van der Waals surface area (Å²) in [7, 11) is 0. The van der Waals surface area contributed by atoms with E-state index in [-0.39, 0.29) is 0 Å². The van der Waals surface area contributed by atoms with Crippen molar-refractivity contribution in [2.24, 2.45) is 0 Å². The molecule has 1 heterocycles. The summed E-state index contributed by atoms with van der Waals surface area (Å²) in [4.78, 5) is 8.15. The fraction of sp³-hybridized carbons (Fsp3) is 0.333. The molecule has 13 heavy (non-hydrogen) atoms. The van der Waals surface area contributed by atoms with Gasteiger partial charge in [0, 0.05) is 12.4 Å². The van der Waals surface area contributed by atoms with E-state index in [1.807, 2.05) is 19.9 Å². The maximum absolute atomic E-state index is 5.34. The summed E-state index contributed by atoms with van der Waals surface area (Å²) < 4.78 is 6.21. The topological polar surface area (TPSA) is 35.0 Å². The van der Waals surface area contributed by atoms with E-state index in [4.69, 9.17) is 4.74 Å². The predicted octanol–water partition coefficient (Wildman–Crippen LogP) is 2.68.